The van der Waals surface area contributed by atoms with Gasteiger partial charge in [0.2, 0.25) is 11.8 Å². The zero-order valence-corrected chi connectivity index (χ0v) is 14.8. The van der Waals surface area contributed by atoms with E-state index in [4.69, 9.17) is 13.9 Å². The number of methoxy groups -OCH3 is 1. The third-order valence-electron chi connectivity index (χ3n) is 4.32. The number of aromatic nitrogens is 1. The Hall–Kier alpha value is -2.50. The molecule has 1 aliphatic rings. The Morgan fingerprint density at radius 1 is 1.28 bits per heavy atom. The molecule has 1 amide bonds. The van der Waals surface area contributed by atoms with Gasteiger partial charge in [0, 0.05) is 31.5 Å². The van der Waals surface area contributed by atoms with Crippen LogP contribution in [0.3, 0.4) is 0 Å². The van der Waals surface area contributed by atoms with Crippen LogP contribution < -0.4 is 9.47 Å². The van der Waals surface area contributed by atoms with Crippen molar-refractivity contribution in [2.75, 3.05) is 26.8 Å². The average Bonchev–Trinajstić information content (AvgIpc) is 3.32. The van der Waals surface area contributed by atoms with Crippen LogP contribution in [0.15, 0.2) is 28.9 Å². The summed E-state index contributed by atoms with van der Waals surface area (Å²) < 4.78 is 16.5. The van der Waals surface area contributed by atoms with Crippen molar-refractivity contribution in [2.24, 2.45) is 0 Å². The first kappa shape index (κ1) is 17.3. The second kappa shape index (κ2) is 8.05. The van der Waals surface area contributed by atoms with Crippen molar-refractivity contribution < 1.29 is 18.7 Å². The van der Waals surface area contributed by atoms with E-state index >= 15 is 0 Å². The lowest BCUT2D eigenvalue weighted by molar-refractivity contribution is -0.130. The van der Waals surface area contributed by atoms with E-state index in [1.807, 2.05) is 30.0 Å². The number of benzene rings is 1. The molecule has 0 atom stereocenters. The first-order valence-corrected chi connectivity index (χ1v) is 8.74. The molecular weight excluding hydrogens is 320 g/mol. The van der Waals surface area contributed by atoms with Gasteiger partial charge in [0.1, 0.15) is 6.26 Å². The second-order valence-corrected chi connectivity index (χ2v) is 6.03. The summed E-state index contributed by atoms with van der Waals surface area (Å²) in [5.41, 5.74) is 1.60. The number of ether oxygens (including phenoxy) is 2. The Labute approximate surface area is 147 Å². The van der Waals surface area contributed by atoms with Crippen LogP contribution in [-0.4, -0.2) is 42.6 Å². The minimum absolute atomic E-state index is 0.199. The van der Waals surface area contributed by atoms with Gasteiger partial charge in [0.25, 0.3) is 0 Å². The largest absolute Gasteiger partial charge is 0.493 e. The third kappa shape index (κ3) is 4.13. The van der Waals surface area contributed by atoms with Crippen molar-refractivity contribution in [3.05, 3.63) is 30.2 Å². The second-order valence-electron chi connectivity index (χ2n) is 6.03. The minimum Gasteiger partial charge on any atom is -0.493 e. The monoisotopic (exact) mass is 344 g/mol. The SMILES string of the molecule is CCOc1ccc(-c2nc(CCC(=O)N3CCCC3)co2)cc1OC. The number of carbonyl (C=O) groups is 1. The summed E-state index contributed by atoms with van der Waals surface area (Å²) in [6.45, 7) is 4.27. The van der Waals surface area contributed by atoms with Crippen molar-refractivity contribution in [1.29, 1.82) is 0 Å². The summed E-state index contributed by atoms with van der Waals surface area (Å²) in [6.07, 6.45) is 4.90. The van der Waals surface area contributed by atoms with Gasteiger partial charge in [-0.2, -0.15) is 0 Å². The number of hydrogen-bond acceptors (Lipinski definition) is 5. The highest BCUT2D eigenvalue weighted by Crippen LogP contribution is 2.32. The van der Waals surface area contributed by atoms with E-state index in [-0.39, 0.29) is 5.91 Å². The first-order valence-electron chi connectivity index (χ1n) is 8.74. The lowest BCUT2D eigenvalue weighted by Gasteiger charge is -2.14. The Morgan fingerprint density at radius 2 is 2.08 bits per heavy atom. The van der Waals surface area contributed by atoms with Crippen LogP contribution in [0.1, 0.15) is 31.9 Å². The molecule has 0 saturated carbocycles. The number of aryl methyl sites for hydroxylation is 1. The zero-order valence-electron chi connectivity index (χ0n) is 14.8. The van der Waals surface area contributed by atoms with E-state index < -0.39 is 0 Å². The molecule has 1 saturated heterocycles. The van der Waals surface area contributed by atoms with E-state index in [0.717, 1.165) is 37.2 Å². The number of nitrogens with zero attached hydrogens (tertiary/aromatic N) is 2. The normalized spacial score (nSPS) is 13.9. The fraction of sp³-hybridized carbons (Fsp3) is 0.474. The Kier molecular flexibility index (Phi) is 5.58. The number of likely N-dealkylation sites (tertiary alicyclic amines) is 1. The molecule has 1 aliphatic heterocycles. The van der Waals surface area contributed by atoms with Crippen LogP contribution in [0.2, 0.25) is 0 Å². The van der Waals surface area contributed by atoms with E-state index in [2.05, 4.69) is 4.98 Å². The van der Waals surface area contributed by atoms with Crippen LogP contribution in [-0.2, 0) is 11.2 Å². The maximum atomic E-state index is 12.1. The van der Waals surface area contributed by atoms with Crippen molar-refractivity contribution in [2.45, 2.75) is 32.6 Å². The van der Waals surface area contributed by atoms with E-state index in [1.165, 1.54) is 0 Å². The highest BCUT2D eigenvalue weighted by Gasteiger charge is 2.18. The van der Waals surface area contributed by atoms with Crippen LogP contribution in [0.5, 0.6) is 11.5 Å². The number of amides is 1. The predicted octanol–water partition coefficient (Wildman–Crippen LogP) is 3.30. The lowest BCUT2D eigenvalue weighted by atomic mass is 10.2. The summed E-state index contributed by atoms with van der Waals surface area (Å²) >= 11 is 0. The number of carbonyl (C=O) groups excluding carboxylic acids is 1. The molecule has 0 radical (unpaired) electrons. The Bertz CT molecular complexity index is 720. The molecule has 1 aromatic heterocycles. The van der Waals surface area contributed by atoms with E-state index in [0.29, 0.717) is 36.8 Å². The van der Waals surface area contributed by atoms with E-state index in [9.17, 15) is 4.79 Å². The number of oxazole rings is 1. The van der Waals surface area contributed by atoms with E-state index in [1.54, 1.807) is 13.4 Å². The molecule has 0 aliphatic carbocycles. The van der Waals surface area contributed by atoms with Gasteiger partial charge in [-0.1, -0.05) is 0 Å². The lowest BCUT2D eigenvalue weighted by Crippen LogP contribution is -2.27. The molecule has 3 rings (SSSR count). The van der Waals surface area contributed by atoms with Gasteiger partial charge in [0.05, 0.1) is 19.4 Å². The number of hydrogen-bond donors (Lipinski definition) is 0. The maximum Gasteiger partial charge on any atom is 0.226 e. The van der Waals surface area contributed by atoms with Crippen LogP contribution in [0.25, 0.3) is 11.5 Å². The molecule has 0 spiro atoms. The fourth-order valence-corrected chi connectivity index (χ4v) is 2.99. The van der Waals surface area contributed by atoms with Crippen LogP contribution in [0.4, 0.5) is 0 Å². The quantitative estimate of drug-likeness (QED) is 0.771. The highest BCUT2D eigenvalue weighted by molar-refractivity contribution is 5.76. The molecule has 134 valence electrons. The molecule has 0 bridgehead atoms. The van der Waals surface area contributed by atoms with Crippen molar-refractivity contribution in [3.8, 4) is 23.0 Å². The first-order chi connectivity index (χ1) is 12.2. The molecule has 0 unspecified atom stereocenters. The Balaban J connectivity index is 1.65. The van der Waals surface area contributed by atoms with Crippen molar-refractivity contribution >= 4 is 5.91 Å². The van der Waals surface area contributed by atoms with Crippen LogP contribution in [0, 0.1) is 0 Å². The van der Waals surface area contributed by atoms with Crippen molar-refractivity contribution in [3.63, 3.8) is 0 Å². The zero-order chi connectivity index (χ0) is 17.6. The topological polar surface area (TPSA) is 64.8 Å². The maximum absolute atomic E-state index is 12.1. The summed E-state index contributed by atoms with van der Waals surface area (Å²) in [4.78, 5) is 18.5. The molecule has 0 N–H and O–H groups in total. The molecule has 6 heteroatoms. The van der Waals surface area contributed by atoms with Gasteiger partial charge in [0.15, 0.2) is 11.5 Å². The Morgan fingerprint density at radius 3 is 2.80 bits per heavy atom. The molecular formula is C19H24N2O4. The van der Waals surface area contributed by atoms with Gasteiger partial charge in [-0.3, -0.25) is 4.79 Å². The fourth-order valence-electron chi connectivity index (χ4n) is 2.99. The molecule has 25 heavy (non-hydrogen) atoms. The van der Waals surface area contributed by atoms with Gasteiger partial charge in [-0.05, 0) is 38.0 Å². The summed E-state index contributed by atoms with van der Waals surface area (Å²) in [5, 5.41) is 0. The predicted molar refractivity (Wildman–Crippen MR) is 93.8 cm³/mol. The molecule has 1 aromatic carbocycles. The summed E-state index contributed by atoms with van der Waals surface area (Å²) in [7, 11) is 1.60. The standard InChI is InChI=1S/C19H24N2O4/c1-3-24-16-8-6-14(12-17(16)23-2)19-20-15(13-25-19)7-9-18(22)21-10-4-5-11-21/h6,8,12-13H,3-5,7,9-11H2,1-2H3. The van der Waals surface area contributed by atoms with Gasteiger partial charge in [-0.15, -0.1) is 0 Å². The molecule has 2 heterocycles. The summed E-state index contributed by atoms with van der Waals surface area (Å²) in [5.74, 6) is 2.05. The van der Waals surface area contributed by atoms with Crippen molar-refractivity contribution in [1.82, 2.24) is 9.88 Å². The third-order valence-corrected chi connectivity index (χ3v) is 4.32. The van der Waals surface area contributed by atoms with Gasteiger partial charge in [-0.25, -0.2) is 4.98 Å². The summed E-state index contributed by atoms with van der Waals surface area (Å²) in [6, 6.07) is 5.58. The minimum atomic E-state index is 0.199. The van der Waals surface area contributed by atoms with Crippen LogP contribution >= 0.6 is 0 Å². The molecule has 2 aromatic rings. The molecule has 6 nitrogen and oxygen atoms in total. The van der Waals surface area contributed by atoms with Gasteiger partial charge < -0.3 is 18.8 Å². The molecule has 1 fully saturated rings. The number of rotatable bonds is 7. The average molecular weight is 344 g/mol. The highest BCUT2D eigenvalue weighted by atomic mass is 16.5. The smallest absolute Gasteiger partial charge is 0.226 e. The van der Waals surface area contributed by atoms with Gasteiger partial charge >= 0.3 is 0 Å².